The van der Waals surface area contributed by atoms with Gasteiger partial charge in [0.05, 0.1) is 24.7 Å². The molecule has 4 rings (SSSR count). The minimum absolute atomic E-state index is 0.0428. The fraction of sp³-hybridized carbons (Fsp3) is 0.286. The molecule has 0 bridgehead atoms. The second-order valence-corrected chi connectivity index (χ2v) is 8.28. The second kappa shape index (κ2) is 11.4. The summed E-state index contributed by atoms with van der Waals surface area (Å²) in [5.41, 5.74) is 4.36. The summed E-state index contributed by atoms with van der Waals surface area (Å²) in [5, 5.41) is 3.03. The van der Waals surface area contributed by atoms with E-state index in [0.717, 1.165) is 33.9 Å². The molecule has 0 saturated heterocycles. The number of para-hydroxylation sites is 2. The summed E-state index contributed by atoms with van der Waals surface area (Å²) in [7, 11) is 1.65. The van der Waals surface area contributed by atoms with Crippen molar-refractivity contribution in [2.75, 3.05) is 20.3 Å². The number of imidazole rings is 1. The van der Waals surface area contributed by atoms with E-state index in [2.05, 4.69) is 22.9 Å². The lowest BCUT2D eigenvalue weighted by atomic mass is 10.1. The third kappa shape index (κ3) is 6.16. The number of hydrogen-bond donors (Lipinski definition) is 1. The molecule has 0 atom stereocenters. The van der Waals surface area contributed by atoms with Gasteiger partial charge in [-0.3, -0.25) is 4.79 Å². The van der Waals surface area contributed by atoms with Crippen molar-refractivity contribution in [2.24, 2.45) is 0 Å². The Balaban J connectivity index is 1.31. The van der Waals surface area contributed by atoms with Gasteiger partial charge in [-0.15, -0.1) is 0 Å². The third-order valence-corrected chi connectivity index (χ3v) is 5.81. The number of benzene rings is 3. The summed E-state index contributed by atoms with van der Waals surface area (Å²) in [4.78, 5) is 17.2. The van der Waals surface area contributed by atoms with Crippen molar-refractivity contribution in [3.8, 4) is 11.5 Å². The standard InChI is InChI=1S/C28H31N3O3/c1-21-7-12-24(13-8-21)34-20-19-31-26-6-4-3-5-25(26)30-27(31)17-18-29-28(32)16-11-22-9-14-23(33-2)15-10-22/h3-10,12-15H,11,16-20H2,1-2H3,(H,29,32). The highest BCUT2D eigenvalue weighted by Crippen LogP contribution is 2.18. The minimum atomic E-state index is 0.0428. The van der Waals surface area contributed by atoms with Crippen LogP contribution in [0.3, 0.4) is 0 Å². The zero-order valence-electron chi connectivity index (χ0n) is 19.8. The molecule has 6 heteroatoms. The molecule has 0 aliphatic rings. The second-order valence-electron chi connectivity index (χ2n) is 8.28. The van der Waals surface area contributed by atoms with Crippen molar-refractivity contribution in [2.45, 2.75) is 32.7 Å². The van der Waals surface area contributed by atoms with Crippen molar-refractivity contribution >= 4 is 16.9 Å². The molecule has 1 heterocycles. The Morgan fingerprint density at radius 1 is 0.941 bits per heavy atom. The van der Waals surface area contributed by atoms with E-state index in [1.165, 1.54) is 5.56 Å². The Morgan fingerprint density at radius 2 is 1.68 bits per heavy atom. The predicted octanol–water partition coefficient (Wildman–Crippen LogP) is 4.72. The highest BCUT2D eigenvalue weighted by atomic mass is 16.5. The number of carbonyl (C=O) groups is 1. The molecule has 0 unspecified atom stereocenters. The maximum Gasteiger partial charge on any atom is 0.220 e. The molecule has 0 aliphatic carbocycles. The van der Waals surface area contributed by atoms with Crippen LogP contribution in [-0.2, 0) is 24.2 Å². The zero-order chi connectivity index (χ0) is 23.8. The van der Waals surface area contributed by atoms with Crippen LogP contribution < -0.4 is 14.8 Å². The highest BCUT2D eigenvalue weighted by Gasteiger charge is 2.11. The van der Waals surface area contributed by atoms with Gasteiger partial charge in [0.1, 0.15) is 23.9 Å². The lowest BCUT2D eigenvalue weighted by Crippen LogP contribution is -2.27. The first-order chi connectivity index (χ1) is 16.6. The number of methoxy groups -OCH3 is 1. The Kier molecular flexibility index (Phi) is 7.81. The molecular weight excluding hydrogens is 426 g/mol. The highest BCUT2D eigenvalue weighted by molar-refractivity contribution is 5.77. The van der Waals surface area contributed by atoms with E-state index >= 15 is 0 Å². The van der Waals surface area contributed by atoms with Crippen LogP contribution >= 0.6 is 0 Å². The smallest absolute Gasteiger partial charge is 0.220 e. The van der Waals surface area contributed by atoms with Crippen LogP contribution in [0.5, 0.6) is 11.5 Å². The van der Waals surface area contributed by atoms with Gasteiger partial charge in [-0.05, 0) is 55.3 Å². The predicted molar refractivity (Wildman–Crippen MR) is 134 cm³/mol. The molecule has 1 aromatic heterocycles. The number of fused-ring (bicyclic) bond motifs is 1. The van der Waals surface area contributed by atoms with Gasteiger partial charge in [-0.1, -0.05) is 42.0 Å². The molecule has 0 fully saturated rings. The minimum Gasteiger partial charge on any atom is -0.497 e. The number of aryl methyl sites for hydroxylation is 2. The van der Waals surface area contributed by atoms with Crippen molar-refractivity contribution in [3.63, 3.8) is 0 Å². The first-order valence-electron chi connectivity index (χ1n) is 11.7. The fourth-order valence-corrected chi connectivity index (χ4v) is 3.91. The number of ether oxygens (including phenoxy) is 2. The van der Waals surface area contributed by atoms with Crippen LogP contribution in [0.1, 0.15) is 23.4 Å². The Labute approximate surface area is 200 Å². The fourth-order valence-electron chi connectivity index (χ4n) is 3.91. The van der Waals surface area contributed by atoms with Gasteiger partial charge < -0.3 is 19.4 Å². The quantitative estimate of drug-likeness (QED) is 0.354. The topological polar surface area (TPSA) is 65.4 Å². The van der Waals surface area contributed by atoms with Gasteiger partial charge in [-0.25, -0.2) is 4.98 Å². The number of nitrogens with one attached hydrogen (secondary N) is 1. The molecule has 0 spiro atoms. The zero-order valence-corrected chi connectivity index (χ0v) is 19.8. The number of nitrogens with zero attached hydrogens (tertiary/aromatic N) is 2. The van der Waals surface area contributed by atoms with Gasteiger partial charge in [0.25, 0.3) is 0 Å². The van der Waals surface area contributed by atoms with E-state index in [4.69, 9.17) is 14.5 Å². The molecular formula is C28H31N3O3. The van der Waals surface area contributed by atoms with Crippen LogP contribution in [0.15, 0.2) is 72.8 Å². The van der Waals surface area contributed by atoms with E-state index < -0.39 is 0 Å². The van der Waals surface area contributed by atoms with Crippen LogP contribution in [0, 0.1) is 6.92 Å². The Bertz CT molecular complexity index is 1210. The third-order valence-electron chi connectivity index (χ3n) is 5.81. The van der Waals surface area contributed by atoms with Crippen LogP contribution in [-0.4, -0.2) is 35.7 Å². The largest absolute Gasteiger partial charge is 0.497 e. The Morgan fingerprint density at radius 3 is 2.44 bits per heavy atom. The normalized spacial score (nSPS) is 10.9. The maximum absolute atomic E-state index is 12.4. The number of amides is 1. The first kappa shape index (κ1) is 23.4. The molecule has 176 valence electrons. The number of carbonyl (C=O) groups excluding carboxylic acids is 1. The molecule has 1 N–H and O–H groups in total. The SMILES string of the molecule is COc1ccc(CCC(=O)NCCc2nc3ccccc3n2CCOc2ccc(C)cc2)cc1. The van der Waals surface area contributed by atoms with E-state index in [1.54, 1.807) is 7.11 Å². The summed E-state index contributed by atoms with van der Waals surface area (Å²) in [6.07, 6.45) is 1.81. The lowest BCUT2D eigenvalue weighted by Gasteiger charge is -2.11. The van der Waals surface area contributed by atoms with E-state index in [-0.39, 0.29) is 5.91 Å². The lowest BCUT2D eigenvalue weighted by molar-refractivity contribution is -0.121. The molecule has 0 saturated carbocycles. The maximum atomic E-state index is 12.4. The molecule has 0 aliphatic heterocycles. The van der Waals surface area contributed by atoms with Crippen molar-refractivity contribution in [1.82, 2.24) is 14.9 Å². The Hall–Kier alpha value is -3.80. The summed E-state index contributed by atoms with van der Waals surface area (Å²) in [6, 6.07) is 24.0. The summed E-state index contributed by atoms with van der Waals surface area (Å²) >= 11 is 0. The summed E-state index contributed by atoms with van der Waals surface area (Å²) in [5.74, 6) is 2.67. The summed E-state index contributed by atoms with van der Waals surface area (Å²) in [6.45, 7) is 3.84. The average molecular weight is 458 g/mol. The van der Waals surface area contributed by atoms with Crippen molar-refractivity contribution in [1.29, 1.82) is 0 Å². The number of rotatable bonds is 11. The average Bonchev–Trinajstić information content (AvgIpc) is 3.21. The van der Waals surface area contributed by atoms with Crippen molar-refractivity contribution in [3.05, 3.63) is 89.7 Å². The molecule has 4 aromatic rings. The van der Waals surface area contributed by atoms with Gasteiger partial charge >= 0.3 is 0 Å². The van der Waals surface area contributed by atoms with Gasteiger partial charge in [0.2, 0.25) is 5.91 Å². The van der Waals surface area contributed by atoms with Gasteiger partial charge in [0.15, 0.2) is 0 Å². The molecule has 3 aromatic carbocycles. The van der Waals surface area contributed by atoms with E-state index in [1.807, 2.05) is 66.7 Å². The molecule has 6 nitrogen and oxygen atoms in total. The van der Waals surface area contributed by atoms with E-state index in [0.29, 0.717) is 39.0 Å². The van der Waals surface area contributed by atoms with Crippen LogP contribution in [0.2, 0.25) is 0 Å². The molecule has 0 radical (unpaired) electrons. The molecule has 34 heavy (non-hydrogen) atoms. The summed E-state index contributed by atoms with van der Waals surface area (Å²) < 4.78 is 13.3. The molecule has 1 amide bonds. The number of aromatic nitrogens is 2. The first-order valence-corrected chi connectivity index (χ1v) is 11.7. The monoisotopic (exact) mass is 457 g/mol. The van der Waals surface area contributed by atoms with Gasteiger partial charge in [0, 0.05) is 19.4 Å². The van der Waals surface area contributed by atoms with Crippen LogP contribution in [0.25, 0.3) is 11.0 Å². The van der Waals surface area contributed by atoms with Crippen LogP contribution in [0.4, 0.5) is 0 Å². The van der Waals surface area contributed by atoms with Crippen molar-refractivity contribution < 1.29 is 14.3 Å². The van der Waals surface area contributed by atoms with Gasteiger partial charge in [-0.2, -0.15) is 0 Å². The number of hydrogen-bond acceptors (Lipinski definition) is 4. The van der Waals surface area contributed by atoms with E-state index in [9.17, 15) is 4.79 Å².